The molecular weight excluding hydrogens is 276 g/mol. The second-order valence-corrected chi connectivity index (χ2v) is 5.96. The lowest BCUT2D eigenvalue weighted by Gasteiger charge is -2.36. The maximum Gasteiger partial charge on any atom is 0.231 e. The van der Waals surface area contributed by atoms with Gasteiger partial charge in [0.2, 0.25) is 6.79 Å². The number of piperidine rings is 1. The smallest absolute Gasteiger partial charge is 0.231 e. The first kappa shape index (κ1) is 13.6. The summed E-state index contributed by atoms with van der Waals surface area (Å²) in [6, 6.07) is 11.0. The summed E-state index contributed by atoms with van der Waals surface area (Å²) in [5, 5.41) is 0. The Morgan fingerprint density at radius 1 is 1.14 bits per heavy atom. The lowest BCUT2D eigenvalue weighted by Crippen LogP contribution is -2.32. The van der Waals surface area contributed by atoms with Crippen LogP contribution in [0.15, 0.2) is 42.7 Å². The van der Waals surface area contributed by atoms with Crippen LogP contribution >= 0.6 is 0 Å². The third-order valence-electron chi connectivity index (χ3n) is 4.51. The Kier molecular flexibility index (Phi) is 3.69. The Hall–Kier alpha value is -2.07. The molecule has 0 unspecified atom stereocenters. The summed E-state index contributed by atoms with van der Waals surface area (Å²) >= 11 is 0. The number of fused-ring (bicyclic) bond motifs is 1. The number of nitrogens with zero attached hydrogens (tertiary/aromatic N) is 2. The molecule has 4 nitrogen and oxygen atoms in total. The summed E-state index contributed by atoms with van der Waals surface area (Å²) in [5.41, 5.74) is 2.60. The number of pyridine rings is 1. The van der Waals surface area contributed by atoms with Crippen LogP contribution in [-0.2, 0) is 6.54 Å². The van der Waals surface area contributed by atoms with E-state index in [0.29, 0.717) is 12.8 Å². The SMILES string of the molecule is c1cncc([C@@H]2CCCCN2Cc2ccc3c(c2)OCO3)c1. The molecule has 1 aromatic heterocycles. The predicted octanol–water partition coefficient (Wildman–Crippen LogP) is 3.54. The van der Waals surface area contributed by atoms with E-state index in [4.69, 9.17) is 9.47 Å². The van der Waals surface area contributed by atoms with Crippen LogP contribution in [-0.4, -0.2) is 23.2 Å². The Labute approximate surface area is 130 Å². The van der Waals surface area contributed by atoms with Crippen molar-refractivity contribution in [3.63, 3.8) is 0 Å². The largest absolute Gasteiger partial charge is 0.454 e. The van der Waals surface area contributed by atoms with Crippen molar-refractivity contribution in [3.05, 3.63) is 53.9 Å². The molecule has 22 heavy (non-hydrogen) atoms. The number of aromatic nitrogens is 1. The molecule has 2 aliphatic heterocycles. The van der Waals surface area contributed by atoms with Gasteiger partial charge in [0.25, 0.3) is 0 Å². The minimum atomic E-state index is 0.334. The molecular formula is C18H20N2O2. The van der Waals surface area contributed by atoms with E-state index in [0.717, 1.165) is 24.6 Å². The van der Waals surface area contributed by atoms with Crippen LogP contribution in [0, 0.1) is 0 Å². The second kappa shape index (κ2) is 5.97. The van der Waals surface area contributed by atoms with Gasteiger partial charge in [-0.3, -0.25) is 9.88 Å². The van der Waals surface area contributed by atoms with Gasteiger partial charge in [0.1, 0.15) is 0 Å². The van der Waals surface area contributed by atoms with E-state index in [1.165, 1.54) is 30.4 Å². The molecule has 3 heterocycles. The zero-order chi connectivity index (χ0) is 14.8. The van der Waals surface area contributed by atoms with Crippen molar-refractivity contribution in [2.45, 2.75) is 31.8 Å². The van der Waals surface area contributed by atoms with E-state index in [1.807, 2.05) is 24.5 Å². The molecule has 1 atom stereocenters. The van der Waals surface area contributed by atoms with Crippen molar-refractivity contribution >= 4 is 0 Å². The summed E-state index contributed by atoms with van der Waals surface area (Å²) < 4.78 is 10.9. The van der Waals surface area contributed by atoms with Crippen LogP contribution in [0.1, 0.15) is 36.4 Å². The summed E-state index contributed by atoms with van der Waals surface area (Å²) in [6.07, 6.45) is 7.60. The highest BCUT2D eigenvalue weighted by molar-refractivity contribution is 5.44. The normalized spacial score (nSPS) is 21.0. The fraction of sp³-hybridized carbons (Fsp3) is 0.389. The minimum Gasteiger partial charge on any atom is -0.454 e. The molecule has 0 spiro atoms. The van der Waals surface area contributed by atoms with Crippen LogP contribution < -0.4 is 9.47 Å². The lowest BCUT2D eigenvalue weighted by atomic mass is 9.96. The molecule has 0 radical (unpaired) electrons. The zero-order valence-electron chi connectivity index (χ0n) is 12.6. The molecule has 1 saturated heterocycles. The van der Waals surface area contributed by atoms with Gasteiger partial charge in [0, 0.05) is 25.0 Å². The number of benzene rings is 1. The van der Waals surface area contributed by atoms with Gasteiger partial charge in [-0.2, -0.15) is 0 Å². The number of hydrogen-bond donors (Lipinski definition) is 0. The van der Waals surface area contributed by atoms with Crippen molar-refractivity contribution in [2.75, 3.05) is 13.3 Å². The summed E-state index contributed by atoms with van der Waals surface area (Å²) in [5.74, 6) is 1.72. The molecule has 0 saturated carbocycles. The Bertz CT molecular complexity index is 645. The fourth-order valence-electron chi connectivity index (χ4n) is 3.40. The third-order valence-corrected chi connectivity index (χ3v) is 4.51. The van der Waals surface area contributed by atoms with Crippen LogP contribution in [0.5, 0.6) is 11.5 Å². The maximum atomic E-state index is 5.49. The summed E-state index contributed by atoms with van der Waals surface area (Å²) in [4.78, 5) is 6.84. The van der Waals surface area contributed by atoms with Gasteiger partial charge in [0.15, 0.2) is 11.5 Å². The average Bonchev–Trinajstić information content (AvgIpc) is 3.04. The third kappa shape index (κ3) is 2.66. The number of likely N-dealkylation sites (tertiary alicyclic amines) is 1. The standard InChI is InChI=1S/C18H20N2O2/c1-2-9-20(16(5-1)15-4-3-8-19-11-15)12-14-6-7-17-18(10-14)22-13-21-17/h3-4,6-8,10-11,16H,1-2,5,9,12-13H2/t16-/m0/s1. The summed E-state index contributed by atoms with van der Waals surface area (Å²) in [6.45, 7) is 2.41. The Balaban J connectivity index is 1.55. The highest BCUT2D eigenvalue weighted by Crippen LogP contribution is 2.35. The highest BCUT2D eigenvalue weighted by Gasteiger charge is 2.24. The topological polar surface area (TPSA) is 34.6 Å². The number of ether oxygens (including phenoxy) is 2. The second-order valence-electron chi connectivity index (χ2n) is 5.96. The van der Waals surface area contributed by atoms with Gasteiger partial charge in [-0.15, -0.1) is 0 Å². The predicted molar refractivity (Wildman–Crippen MR) is 83.8 cm³/mol. The van der Waals surface area contributed by atoms with Gasteiger partial charge in [-0.25, -0.2) is 0 Å². The fourth-order valence-corrected chi connectivity index (χ4v) is 3.40. The quantitative estimate of drug-likeness (QED) is 0.867. The monoisotopic (exact) mass is 296 g/mol. The molecule has 114 valence electrons. The zero-order valence-corrected chi connectivity index (χ0v) is 12.6. The molecule has 2 aromatic rings. The molecule has 1 fully saturated rings. The molecule has 4 rings (SSSR count). The van der Waals surface area contributed by atoms with Crippen LogP contribution in [0.25, 0.3) is 0 Å². The lowest BCUT2D eigenvalue weighted by molar-refractivity contribution is 0.140. The van der Waals surface area contributed by atoms with E-state index in [-0.39, 0.29) is 0 Å². The van der Waals surface area contributed by atoms with E-state index in [9.17, 15) is 0 Å². The van der Waals surface area contributed by atoms with Gasteiger partial charge < -0.3 is 9.47 Å². The molecule has 0 aliphatic carbocycles. The minimum absolute atomic E-state index is 0.334. The molecule has 4 heteroatoms. The van der Waals surface area contributed by atoms with Crippen molar-refractivity contribution in [1.29, 1.82) is 0 Å². The molecule has 0 amide bonds. The molecule has 0 N–H and O–H groups in total. The highest BCUT2D eigenvalue weighted by atomic mass is 16.7. The number of rotatable bonds is 3. The van der Waals surface area contributed by atoms with Crippen molar-refractivity contribution < 1.29 is 9.47 Å². The number of hydrogen-bond acceptors (Lipinski definition) is 4. The Morgan fingerprint density at radius 2 is 2.09 bits per heavy atom. The van der Waals surface area contributed by atoms with Gasteiger partial charge in [-0.05, 0) is 48.7 Å². The molecule has 1 aromatic carbocycles. The average molecular weight is 296 g/mol. The first-order valence-electron chi connectivity index (χ1n) is 7.93. The van der Waals surface area contributed by atoms with Crippen LogP contribution in [0.2, 0.25) is 0 Å². The molecule has 0 bridgehead atoms. The molecule has 2 aliphatic rings. The van der Waals surface area contributed by atoms with Crippen LogP contribution in [0.3, 0.4) is 0 Å². The first-order valence-corrected chi connectivity index (χ1v) is 7.93. The summed E-state index contributed by atoms with van der Waals surface area (Å²) in [7, 11) is 0. The van der Waals surface area contributed by atoms with E-state index >= 15 is 0 Å². The van der Waals surface area contributed by atoms with Crippen molar-refractivity contribution in [2.24, 2.45) is 0 Å². The maximum absolute atomic E-state index is 5.49. The van der Waals surface area contributed by atoms with Gasteiger partial charge in [-0.1, -0.05) is 18.6 Å². The van der Waals surface area contributed by atoms with Crippen molar-refractivity contribution in [1.82, 2.24) is 9.88 Å². The van der Waals surface area contributed by atoms with E-state index in [2.05, 4.69) is 28.1 Å². The van der Waals surface area contributed by atoms with E-state index < -0.39 is 0 Å². The van der Waals surface area contributed by atoms with E-state index in [1.54, 1.807) is 0 Å². The van der Waals surface area contributed by atoms with Gasteiger partial charge in [0.05, 0.1) is 0 Å². The van der Waals surface area contributed by atoms with Gasteiger partial charge >= 0.3 is 0 Å². The van der Waals surface area contributed by atoms with Crippen molar-refractivity contribution in [3.8, 4) is 11.5 Å². The first-order chi connectivity index (χ1) is 10.9. The Morgan fingerprint density at radius 3 is 3.00 bits per heavy atom. The van der Waals surface area contributed by atoms with Crippen LogP contribution in [0.4, 0.5) is 0 Å².